The number of unbranched alkanes of at least 4 members (excludes halogenated alkanes) is 1. The van der Waals surface area contributed by atoms with Crippen molar-refractivity contribution in [3.63, 3.8) is 0 Å². The van der Waals surface area contributed by atoms with Crippen molar-refractivity contribution >= 4 is 11.8 Å². The number of carboxylic acids is 1. The molecule has 0 radical (unpaired) electrons. The molecular weight excluding hydrogens is 244 g/mol. The number of hydrogen-bond acceptors (Lipinski definition) is 3. The summed E-state index contributed by atoms with van der Waals surface area (Å²) >= 11 is 0. The molecular formula is C15H20O4. The Balaban J connectivity index is 2.24. The number of ether oxygens (including phenoxy) is 1. The topological polar surface area (TPSA) is 63.6 Å². The number of Topliss-reactive ketones (excluding diaryl/α,β-unsaturated/α-hetero) is 1. The van der Waals surface area contributed by atoms with Gasteiger partial charge in [-0.25, -0.2) is 0 Å². The highest BCUT2D eigenvalue weighted by atomic mass is 16.5. The maximum Gasteiger partial charge on any atom is 0.303 e. The smallest absolute Gasteiger partial charge is 0.303 e. The van der Waals surface area contributed by atoms with E-state index in [1.54, 1.807) is 6.92 Å². The highest BCUT2D eigenvalue weighted by Gasteiger charge is 1.99. The molecule has 1 N–H and O–H groups in total. The van der Waals surface area contributed by atoms with Crippen molar-refractivity contribution in [1.82, 2.24) is 0 Å². The molecule has 19 heavy (non-hydrogen) atoms. The third kappa shape index (κ3) is 7.24. The van der Waals surface area contributed by atoms with Crippen LogP contribution in [0.3, 0.4) is 0 Å². The van der Waals surface area contributed by atoms with E-state index in [2.05, 4.69) is 0 Å². The predicted molar refractivity (Wildman–Crippen MR) is 72.4 cm³/mol. The summed E-state index contributed by atoms with van der Waals surface area (Å²) in [6, 6.07) is 7.67. The number of rotatable bonds is 9. The molecule has 4 nitrogen and oxygen atoms in total. The molecule has 0 aliphatic rings. The zero-order valence-electron chi connectivity index (χ0n) is 11.2. The monoisotopic (exact) mass is 264 g/mol. The van der Waals surface area contributed by atoms with E-state index in [1.165, 1.54) is 0 Å². The number of benzene rings is 1. The second-order valence-corrected chi connectivity index (χ2v) is 4.55. The number of hydrogen-bond donors (Lipinski definition) is 1. The second-order valence-electron chi connectivity index (χ2n) is 4.55. The largest absolute Gasteiger partial charge is 0.494 e. The number of ketones is 1. The van der Waals surface area contributed by atoms with E-state index in [4.69, 9.17) is 9.84 Å². The predicted octanol–water partition coefficient (Wildman–Crippen LogP) is 2.84. The van der Waals surface area contributed by atoms with Gasteiger partial charge in [0.15, 0.2) is 0 Å². The quantitative estimate of drug-likeness (QED) is 0.697. The zero-order valence-corrected chi connectivity index (χ0v) is 11.2. The van der Waals surface area contributed by atoms with Crippen molar-refractivity contribution < 1.29 is 19.4 Å². The Morgan fingerprint density at radius 3 is 2.37 bits per heavy atom. The minimum Gasteiger partial charge on any atom is -0.494 e. The first-order valence-corrected chi connectivity index (χ1v) is 6.51. The fourth-order valence-electron chi connectivity index (χ4n) is 1.64. The molecule has 0 aromatic heterocycles. The van der Waals surface area contributed by atoms with Gasteiger partial charge in [0.05, 0.1) is 6.61 Å². The van der Waals surface area contributed by atoms with E-state index >= 15 is 0 Å². The van der Waals surface area contributed by atoms with E-state index in [0.717, 1.165) is 24.2 Å². The van der Waals surface area contributed by atoms with Crippen LogP contribution in [0, 0.1) is 0 Å². The van der Waals surface area contributed by atoms with Crippen molar-refractivity contribution in [2.24, 2.45) is 0 Å². The van der Waals surface area contributed by atoms with Crippen LogP contribution in [-0.2, 0) is 16.0 Å². The molecule has 0 unspecified atom stereocenters. The molecule has 104 valence electrons. The van der Waals surface area contributed by atoms with Crippen molar-refractivity contribution in [2.75, 3.05) is 6.61 Å². The van der Waals surface area contributed by atoms with E-state index in [-0.39, 0.29) is 12.2 Å². The van der Waals surface area contributed by atoms with E-state index in [9.17, 15) is 9.59 Å². The summed E-state index contributed by atoms with van der Waals surface area (Å²) in [5.74, 6) is 0.204. The fraction of sp³-hybridized carbons (Fsp3) is 0.467. The van der Waals surface area contributed by atoms with Crippen LogP contribution < -0.4 is 4.74 Å². The molecule has 1 aromatic rings. The average Bonchev–Trinajstić information content (AvgIpc) is 2.37. The van der Waals surface area contributed by atoms with Gasteiger partial charge < -0.3 is 14.6 Å². The summed E-state index contributed by atoms with van der Waals surface area (Å²) in [6.07, 6.45) is 2.88. The third-order valence-electron chi connectivity index (χ3n) is 2.74. The SMILES string of the molecule is CC(=O)CCc1ccc(OCCCCC(=O)O)cc1. The number of carboxylic acid groups (broad SMARTS) is 1. The summed E-state index contributed by atoms with van der Waals surface area (Å²) in [5, 5.41) is 8.49. The molecule has 0 spiro atoms. The maximum absolute atomic E-state index is 10.9. The molecule has 0 saturated carbocycles. The average molecular weight is 264 g/mol. The van der Waals surface area contributed by atoms with Gasteiger partial charge in [0, 0.05) is 12.8 Å². The van der Waals surface area contributed by atoms with Crippen molar-refractivity contribution in [1.29, 1.82) is 0 Å². The van der Waals surface area contributed by atoms with Crippen molar-refractivity contribution in [3.8, 4) is 5.75 Å². The van der Waals surface area contributed by atoms with Gasteiger partial charge in [0.25, 0.3) is 0 Å². The first kappa shape index (κ1) is 15.2. The Hall–Kier alpha value is -1.84. The van der Waals surface area contributed by atoms with E-state index < -0.39 is 5.97 Å². The highest BCUT2D eigenvalue weighted by molar-refractivity contribution is 5.75. The lowest BCUT2D eigenvalue weighted by molar-refractivity contribution is -0.137. The minimum atomic E-state index is -0.769. The summed E-state index contributed by atoms with van der Waals surface area (Å²) in [4.78, 5) is 21.2. The van der Waals surface area contributed by atoms with Gasteiger partial charge >= 0.3 is 5.97 Å². The van der Waals surface area contributed by atoms with Crippen LogP contribution in [0.15, 0.2) is 24.3 Å². The molecule has 0 atom stereocenters. The van der Waals surface area contributed by atoms with Crippen LogP contribution in [0.2, 0.25) is 0 Å². The summed E-state index contributed by atoms with van der Waals surface area (Å²) in [7, 11) is 0. The standard InChI is InChI=1S/C15H20O4/c1-12(16)5-6-13-7-9-14(10-8-13)19-11-3-2-4-15(17)18/h7-10H,2-6,11H2,1H3,(H,17,18). The maximum atomic E-state index is 10.9. The van der Waals surface area contributed by atoms with Gasteiger partial charge in [-0.2, -0.15) is 0 Å². The van der Waals surface area contributed by atoms with E-state index in [0.29, 0.717) is 19.4 Å². The van der Waals surface area contributed by atoms with Crippen LogP contribution in [-0.4, -0.2) is 23.5 Å². The first-order chi connectivity index (χ1) is 9.08. The van der Waals surface area contributed by atoms with Gasteiger partial charge in [0.1, 0.15) is 11.5 Å². The van der Waals surface area contributed by atoms with Gasteiger partial charge in [0.2, 0.25) is 0 Å². The Labute approximate surface area is 113 Å². The highest BCUT2D eigenvalue weighted by Crippen LogP contribution is 2.14. The van der Waals surface area contributed by atoms with Crippen LogP contribution >= 0.6 is 0 Å². The molecule has 1 aromatic carbocycles. The van der Waals surface area contributed by atoms with Crippen LogP contribution in [0.4, 0.5) is 0 Å². The molecule has 0 saturated heterocycles. The molecule has 4 heteroatoms. The molecule has 0 aliphatic carbocycles. The van der Waals surface area contributed by atoms with Gasteiger partial charge in [-0.05, 0) is 43.9 Å². The van der Waals surface area contributed by atoms with Crippen molar-refractivity contribution in [3.05, 3.63) is 29.8 Å². The fourth-order valence-corrected chi connectivity index (χ4v) is 1.64. The summed E-state index contributed by atoms with van der Waals surface area (Å²) in [5.41, 5.74) is 1.12. The Morgan fingerprint density at radius 2 is 1.79 bits per heavy atom. The van der Waals surface area contributed by atoms with Crippen molar-refractivity contribution in [2.45, 2.75) is 39.0 Å². The Morgan fingerprint density at radius 1 is 1.11 bits per heavy atom. The lowest BCUT2D eigenvalue weighted by Gasteiger charge is -2.06. The Bertz CT molecular complexity index is 409. The molecule has 0 amide bonds. The summed E-state index contributed by atoms with van der Waals surface area (Å²) < 4.78 is 5.51. The number of aryl methyl sites for hydroxylation is 1. The molecule has 0 heterocycles. The lowest BCUT2D eigenvalue weighted by atomic mass is 10.1. The van der Waals surface area contributed by atoms with Gasteiger partial charge in [-0.3, -0.25) is 4.79 Å². The number of aliphatic carboxylic acids is 1. The molecule has 0 bridgehead atoms. The first-order valence-electron chi connectivity index (χ1n) is 6.51. The van der Waals surface area contributed by atoms with Gasteiger partial charge in [-0.15, -0.1) is 0 Å². The lowest BCUT2D eigenvalue weighted by Crippen LogP contribution is -2.00. The van der Waals surface area contributed by atoms with E-state index in [1.807, 2.05) is 24.3 Å². The van der Waals surface area contributed by atoms with Crippen LogP contribution in [0.25, 0.3) is 0 Å². The zero-order chi connectivity index (χ0) is 14.1. The number of carbonyl (C=O) groups is 2. The van der Waals surface area contributed by atoms with Crippen LogP contribution in [0.5, 0.6) is 5.75 Å². The third-order valence-corrected chi connectivity index (χ3v) is 2.74. The minimum absolute atomic E-state index is 0.188. The second kappa shape index (κ2) is 8.29. The normalized spacial score (nSPS) is 10.2. The molecule has 1 rings (SSSR count). The molecule has 0 aliphatic heterocycles. The van der Waals surface area contributed by atoms with Crippen LogP contribution in [0.1, 0.15) is 38.2 Å². The Kier molecular flexibility index (Phi) is 6.64. The summed E-state index contributed by atoms with van der Waals surface area (Å²) in [6.45, 7) is 2.12. The van der Waals surface area contributed by atoms with Gasteiger partial charge in [-0.1, -0.05) is 12.1 Å². The molecule has 0 fully saturated rings. The number of carbonyl (C=O) groups excluding carboxylic acids is 1.